The minimum absolute atomic E-state index is 0.0875. The second kappa shape index (κ2) is 7.66. The predicted molar refractivity (Wildman–Crippen MR) is 126 cm³/mol. The molecule has 31 heavy (non-hydrogen) atoms. The minimum Gasteiger partial charge on any atom is -0.497 e. The highest BCUT2D eigenvalue weighted by Gasteiger charge is 2.47. The Morgan fingerprint density at radius 3 is 2.71 bits per heavy atom. The van der Waals surface area contributed by atoms with Crippen LogP contribution in [0.5, 0.6) is 5.75 Å². The Labute approximate surface area is 189 Å². The number of carbonyl (C=O) groups excluding carboxylic acids is 1. The second-order valence-corrected chi connectivity index (χ2v) is 9.63. The van der Waals surface area contributed by atoms with Crippen molar-refractivity contribution in [3.63, 3.8) is 0 Å². The van der Waals surface area contributed by atoms with Crippen molar-refractivity contribution in [3.05, 3.63) is 81.8 Å². The number of benzene rings is 2. The fourth-order valence-corrected chi connectivity index (χ4v) is 5.06. The van der Waals surface area contributed by atoms with Crippen LogP contribution in [0.1, 0.15) is 34.3 Å². The van der Waals surface area contributed by atoms with E-state index in [2.05, 4.69) is 28.5 Å². The van der Waals surface area contributed by atoms with E-state index in [-0.39, 0.29) is 5.91 Å². The molecule has 4 nitrogen and oxygen atoms in total. The van der Waals surface area contributed by atoms with Crippen LogP contribution in [-0.2, 0) is 5.54 Å². The number of amides is 1. The molecule has 6 heteroatoms. The number of nitrogens with zero attached hydrogens (tertiary/aromatic N) is 1. The Hall–Kier alpha value is -2.89. The van der Waals surface area contributed by atoms with E-state index < -0.39 is 5.54 Å². The van der Waals surface area contributed by atoms with Crippen molar-refractivity contribution in [2.24, 2.45) is 0 Å². The number of hydrogen-bond donors (Lipinski definition) is 1. The second-order valence-electron chi connectivity index (χ2n) is 7.91. The van der Waals surface area contributed by atoms with Crippen LogP contribution < -0.4 is 10.1 Å². The van der Waals surface area contributed by atoms with E-state index >= 15 is 0 Å². The number of halogens is 1. The van der Waals surface area contributed by atoms with Gasteiger partial charge in [0.2, 0.25) is 0 Å². The Balaban J connectivity index is 1.58. The topological polar surface area (TPSA) is 51.2 Å². The predicted octanol–water partition coefficient (Wildman–Crippen LogP) is 6.35. The molecule has 0 aliphatic heterocycles. The molecule has 156 valence electrons. The molecule has 1 N–H and O–H groups in total. The van der Waals surface area contributed by atoms with Crippen LogP contribution >= 0.6 is 22.9 Å². The summed E-state index contributed by atoms with van der Waals surface area (Å²) in [6, 6.07) is 17.8. The number of pyridine rings is 1. The van der Waals surface area contributed by atoms with Crippen molar-refractivity contribution in [1.82, 2.24) is 10.3 Å². The van der Waals surface area contributed by atoms with Crippen molar-refractivity contribution in [1.29, 1.82) is 0 Å². The summed E-state index contributed by atoms with van der Waals surface area (Å²) in [5, 5.41) is 4.39. The first-order valence-corrected chi connectivity index (χ1v) is 11.3. The van der Waals surface area contributed by atoms with Crippen LogP contribution in [0.25, 0.3) is 21.3 Å². The van der Waals surface area contributed by atoms with E-state index in [4.69, 9.17) is 16.3 Å². The number of fused-ring (bicyclic) bond motifs is 1. The molecule has 0 bridgehead atoms. The standard InChI is InChI=1S/C25H21ClN2O2S/c1-15-5-6-17(30-2)14-19(15)24(29)28-25(9-10-25)20-12-16(22-7-8-23(26)31-22)13-21-18(20)4-3-11-27-21/h3-8,11-14H,9-10H2,1-2H3,(H,28,29). The molecule has 2 heterocycles. The lowest BCUT2D eigenvalue weighted by Crippen LogP contribution is -2.35. The average Bonchev–Trinajstić information content (AvgIpc) is 3.43. The molecule has 1 aliphatic rings. The van der Waals surface area contributed by atoms with E-state index in [0.29, 0.717) is 11.3 Å². The van der Waals surface area contributed by atoms with E-state index in [1.807, 2.05) is 37.3 Å². The summed E-state index contributed by atoms with van der Waals surface area (Å²) in [5.41, 5.74) is 4.24. The van der Waals surface area contributed by atoms with E-state index in [9.17, 15) is 4.79 Å². The number of aryl methyl sites for hydroxylation is 1. The highest BCUT2D eigenvalue weighted by atomic mass is 35.5. The third-order valence-electron chi connectivity index (χ3n) is 5.89. The lowest BCUT2D eigenvalue weighted by atomic mass is 9.95. The highest BCUT2D eigenvalue weighted by molar-refractivity contribution is 7.19. The van der Waals surface area contributed by atoms with E-state index in [0.717, 1.165) is 49.6 Å². The third kappa shape index (κ3) is 3.68. The molecule has 0 radical (unpaired) electrons. The molecule has 2 aromatic carbocycles. The molecule has 1 fully saturated rings. The van der Waals surface area contributed by atoms with Gasteiger partial charge in [0.15, 0.2) is 0 Å². The fourth-order valence-electron chi connectivity index (χ4n) is 4.03. The first kappa shape index (κ1) is 20.0. The molecule has 0 unspecified atom stereocenters. The van der Waals surface area contributed by atoms with Crippen molar-refractivity contribution in [3.8, 4) is 16.2 Å². The molecule has 1 saturated carbocycles. The summed E-state index contributed by atoms with van der Waals surface area (Å²) < 4.78 is 6.07. The summed E-state index contributed by atoms with van der Waals surface area (Å²) in [6.07, 6.45) is 3.58. The lowest BCUT2D eigenvalue weighted by Gasteiger charge is -2.22. The lowest BCUT2D eigenvalue weighted by molar-refractivity contribution is 0.0930. The summed E-state index contributed by atoms with van der Waals surface area (Å²) in [7, 11) is 1.61. The first-order valence-electron chi connectivity index (χ1n) is 10.1. The number of hydrogen-bond acceptors (Lipinski definition) is 4. The number of nitrogens with one attached hydrogen (secondary N) is 1. The zero-order chi connectivity index (χ0) is 21.6. The van der Waals surface area contributed by atoms with Gasteiger partial charge >= 0.3 is 0 Å². The smallest absolute Gasteiger partial charge is 0.252 e. The average molecular weight is 449 g/mol. The molecule has 0 saturated heterocycles. The largest absolute Gasteiger partial charge is 0.497 e. The maximum absolute atomic E-state index is 13.3. The number of aromatic nitrogens is 1. The van der Waals surface area contributed by atoms with Gasteiger partial charge in [0.05, 0.1) is 22.5 Å². The maximum atomic E-state index is 13.3. The summed E-state index contributed by atoms with van der Waals surface area (Å²) >= 11 is 7.72. The molecular weight excluding hydrogens is 428 g/mol. The molecule has 1 amide bonds. The van der Waals surface area contributed by atoms with Crippen molar-refractivity contribution in [2.75, 3.05) is 7.11 Å². The van der Waals surface area contributed by atoms with Crippen LogP contribution in [0.15, 0.2) is 60.8 Å². The van der Waals surface area contributed by atoms with Crippen molar-refractivity contribution in [2.45, 2.75) is 25.3 Å². The van der Waals surface area contributed by atoms with E-state index in [1.54, 1.807) is 30.7 Å². The molecule has 2 aromatic heterocycles. The van der Waals surface area contributed by atoms with Gasteiger partial charge in [0, 0.05) is 22.0 Å². The quantitative estimate of drug-likeness (QED) is 0.387. The molecule has 0 atom stereocenters. The Morgan fingerprint density at radius 2 is 2.00 bits per heavy atom. The molecule has 0 spiro atoms. The van der Waals surface area contributed by atoms with Crippen LogP contribution in [0, 0.1) is 6.92 Å². The van der Waals surface area contributed by atoms with Crippen LogP contribution in [0.3, 0.4) is 0 Å². The van der Waals surface area contributed by atoms with Gasteiger partial charge in [0.25, 0.3) is 5.91 Å². The van der Waals surface area contributed by atoms with E-state index in [1.165, 1.54) is 0 Å². The zero-order valence-electron chi connectivity index (χ0n) is 17.2. The SMILES string of the molecule is COc1ccc(C)c(C(=O)NC2(c3cc(-c4ccc(Cl)s4)cc4ncccc34)CC2)c1. The van der Waals surface area contributed by atoms with Crippen LogP contribution in [-0.4, -0.2) is 18.0 Å². The summed E-state index contributed by atoms with van der Waals surface area (Å²) in [4.78, 5) is 18.9. The maximum Gasteiger partial charge on any atom is 0.252 e. The fraction of sp³-hybridized carbons (Fsp3) is 0.200. The van der Waals surface area contributed by atoms with Gasteiger partial charge in [-0.2, -0.15) is 0 Å². The number of thiophene rings is 1. The van der Waals surface area contributed by atoms with Crippen LogP contribution in [0.4, 0.5) is 0 Å². The Bertz CT molecular complexity index is 1310. The summed E-state index contributed by atoms with van der Waals surface area (Å²) in [6.45, 7) is 1.94. The number of carbonyl (C=O) groups is 1. The van der Waals surface area contributed by atoms with Gasteiger partial charge in [-0.1, -0.05) is 23.7 Å². The number of rotatable bonds is 5. The Kier molecular flexibility index (Phi) is 4.95. The number of methoxy groups -OCH3 is 1. The van der Waals surface area contributed by atoms with Crippen LogP contribution in [0.2, 0.25) is 4.34 Å². The van der Waals surface area contributed by atoms with Gasteiger partial charge in [-0.05, 0) is 78.9 Å². The first-order chi connectivity index (χ1) is 15.0. The van der Waals surface area contributed by atoms with Gasteiger partial charge in [-0.15, -0.1) is 11.3 Å². The molecule has 4 aromatic rings. The minimum atomic E-state index is -0.398. The highest BCUT2D eigenvalue weighted by Crippen LogP contribution is 2.49. The van der Waals surface area contributed by atoms with Gasteiger partial charge in [-0.25, -0.2) is 0 Å². The van der Waals surface area contributed by atoms with Gasteiger partial charge in [-0.3, -0.25) is 9.78 Å². The monoisotopic (exact) mass is 448 g/mol. The van der Waals surface area contributed by atoms with Crippen molar-refractivity contribution < 1.29 is 9.53 Å². The third-order valence-corrected chi connectivity index (χ3v) is 7.17. The van der Waals surface area contributed by atoms with Gasteiger partial charge < -0.3 is 10.1 Å². The number of ether oxygens (including phenoxy) is 1. The Morgan fingerprint density at radius 1 is 1.16 bits per heavy atom. The zero-order valence-corrected chi connectivity index (χ0v) is 18.8. The normalized spacial score (nSPS) is 14.4. The summed E-state index contributed by atoms with van der Waals surface area (Å²) in [5.74, 6) is 0.585. The molecular formula is C25H21ClN2O2S. The molecule has 1 aliphatic carbocycles. The molecule has 5 rings (SSSR count). The van der Waals surface area contributed by atoms with Crippen molar-refractivity contribution >= 4 is 39.7 Å². The van der Waals surface area contributed by atoms with Gasteiger partial charge in [0.1, 0.15) is 5.75 Å².